The highest BCUT2D eigenvalue weighted by Crippen LogP contribution is 2.15. The Bertz CT molecular complexity index is 546. The molecular formula is C10H14N6OS. The van der Waals surface area contributed by atoms with Crippen molar-refractivity contribution in [3.63, 3.8) is 0 Å². The van der Waals surface area contributed by atoms with E-state index < -0.39 is 0 Å². The third kappa shape index (κ3) is 2.71. The minimum Gasteiger partial charge on any atom is -0.343 e. The fourth-order valence-electron chi connectivity index (χ4n) is 1.32. The van der Waals surface area contributed by atoms with Crippen LogP contribution in [0.2, 0.25) is 0 Å². The predicted octanol–water partition coefficient (Wildman–Crippen LogP) is 0.221. The van der Waals surface area contributed by atoms with Crippen LogP contribution in [0.4, 0.5) is 0 Å². The molecular weight excluding hydrogens is 252 g/mol. The maximum absolute atomic E-state index is 11.8. The minimum atomic E-state index is -0.235. The molecule has 0 fully saturated rings. The first-order chi connectivity index (χ1) is 8.58. The van der Waals surface area contributed by atoms with Crippen LogP contribution in [0, 0.1) is 0 Å². The highest BCUT2D eigenvalue weighted by molar-refractivity contribution is 7.09. The van der Waals surface area contributed by atoms with E-state index >= 15 is 0 Å². The first kappa shape index (κ1) is 12.7. The van der Waals surface area contributed by atoms with Crippen LogP contribution in [0.1, 0.15) is 34.3 Å². The second-order valence-electron chi connectivity index (χ2n) is 3.90. The topological polar surface area (TPSA) is 98.7 Å². The minimum absolute atomic E-state index is 0.157. The largest absolute Gasteiger partial charge is 0.343 e. The fraction of sp³-hybridized carbons (Fsp3) is 0.400. The summed E-state index contributed by atoms with van der Waals surface area (Å²) in [7, 11) is 1.82. The molecule has 0 aliphatic rings. The summed E-state index contributed by atoms with van der Waals surface area (Å²) >= 11 is 1.38. The lowest BCUT2D eigenvalue weighted by Crippen LogP contribution is -2.24. The summed E-state index contributed by atoms with van der Waals surface area (Å²) in [5.41, 5.74) is 6.08. The van der Waals surface area contributed by atoms with E-state index in [0.29, 0.717) is 18.1 Å². The molecule has 0 aromatic carbocycles. The molecule has 18 heavy (non-hydrogen) atoms. The number of hydrogen-bond donors (Lipinski definition) is 2. The maximum Gasteiger partial charge on any atom is 0.271 e. The Hall–Kier alpha value is -1.80. The number of aromatic nitrogens is 4. The third-order valence-corrected chi connectivity index (χ3v) is 3.40. The van der Waals surface area contributed by atoms with Gasteiger partial charge in [-0.15, -0.1) is 21.5 Å². The summed E-state index contributed by atoms with van der Waals surface area (Å²) in [6.45, 7) is 2.15. The third-order valence-electron chi connectivity index (χ3n) is 2.36. The summed E-state index contributed by atoms with van der Waals surface area (Å²) in [5, 5.41) is 12.8. The zero-order valence-electron chi connectivity index (χ0n) is 10.1. The van der Waals surface area contributed by atoms with Crippen molar-refractivity contribution in [3.8, 4) is 0 Å². The summed E-state index contributed by atoms with van der Waals surface area (Å²) in [6, 6.07) is -0.157. The van der Waals surface area contributed by atoms with Crippen LogP contribution in [0.3, 0.4) is 0 Å². The molecule has 0 bridgehead atoms. The van der Waals surface area contributed by atoms with Crippen molar-refractivity contribution in [2.45, 2.75) is 19.5 Å². The lowest BCUT2D eigenvalue weighted by atomic mass is 10.4. The zero-order valence-corrected chi connectivity index (χ0v) is 10.9. The van der Waals surface area contributed by atoms with Crippen LogP contribution in [-0.2, 0) is 13.6 Å². The Morgan fingerprint density at radius 3 is 3.00 bits per heavy atom. The van der Waals surface area contributed by atoms with Gasteiger partial charge in [0.15, 0.2) is 5.82 Å². The Labute approximate surface area is 108 Å². The van der Waals surface area contributed by atoms with Crippen LogP contribution < -0.4 is 11.1 Å². The molecule has 0 saturated heterocycles. The molecule has 0 aliphatic carbocycles. The average molecular weight is 266 g/mol. The first-order valence-corrected chi connectivity index (χ1v) is 6.28. The van der Waals surface area contributed by atoms with Gasteiger partial charge in [-0.2, -0.15) is 0 Å². The molecule has 1 unspecified atom stereocenters. The average Bonchev–Trinajstić information content (AvgIpc) is 2.94. The number of nitrogens with one attached hydrogen (secondary N) is 1. The van der Waals surface area contributed by atoms with E-state index in [-0.39, 0.29) is 11.9 Å². The molecule has 2 rings (SSSR count). The zero-order chi connectivity index (χ0) is 13.1. The molecule has 1 amide bonds. The second-order valence-corrected chi connectivity index (χ2v) is 4.79. The van der Waals surface area contributed by atoms with Gasteiger partial charge < -0.3 is 15.6 Å². The fourth-order valence-corrected chi connectivity index (χ4v) is 2.08. The molecule has 8 heteroatoms. The number of aryl methyl sites for hydroxylation is 1. The summed E-state index contributed by atoms with van der Waals surface area (Å²) in [6.07, 6.45) is 1.58. The smallest absolute Gasteiger partial charge is 0.271 e. The highest BCUT2D eigenvalue weighted by Gasteiger charge is 2.13. The van der Waals surface area contributed by atoms with Crippen molar-refractivity contribution in [2.75, 3.05) is 0 Å². The van der Waals surface area contributed by atoms with Gasteiger partial charge >= 0.3 is 0 Å². The lowest BCUT2D eigenvalue weighted by Gasteiger charge is -2.02. The van der Waals surface area contributed by atoms with Gasteiger partial charge in [0, 0.05) is 12.4 Å². The standard InChI is InChI=1S/C10H14N6OS/c1-6(11)10-14-7(4-18-10)9(17)12-3-8-15-13-5-16(8)2/h4-6H,3,11H2,1-2H3,(H,12,17). The van der Waals surface area contributed by atoms with E-state index in [9.17, 15) is 4.79 Å². The van der Waals surface area contributed by atoms with Gasteiger partial charge in [0.1, 0.15) is 17.0 Å². The molecule has 0 radical (unpaired) electrons. The van der Waals surface area contributed by atoms with Crippen LogP contribution in [-0.4, -0.2) is 25.7 Å². The Morgan fingerprint density at radius 2 is 2.44 bits per heavy atom. The van der Waals surface area contributed by atoms with E-state index in [0.717, 1.165) is 5.01 Å². The van der Waals surface area contributed by atoms with Gasteiger partial charge in [0.25, 0.3) is 5.91 Å². The number of carbonyl (C=O) groups excluding carboxylic acids is 1. The highest BCUT2D eigenvalue weighted by atomic mass is 32.1. The quantitative estimate of drug-likeness (QED) is 0.825. The number of amides is 1. The normalized spacial score (nSPS) is 12.4. The molecule has 2 heterocycles. The van der Waals surface area contributed by atoms with Gasteiger partial charge in [-0.05, 0) is 6.92 Å². The van der Waals surface area contributed by atoms with Crippen molar-refractivity contribution in [1.29, 1.82) is 0 Å². The summed E-state index contributed by atoms with van der Waals surface area (Å²) < 4.78 is 1.74. The molecule has 0 aliphatic heterocycles. The molecule has 96 valence electrons. The van der Waals surface area contributed by atoms with Gasteiger partial charge in [-0.25, -0.2) is 4.98 Å². The van der Waals surface area contributed by atoms with Crippen LogP contribution >= 0.6 is 11.3 Å². The first-order valence-electron chi connectivity index (χ1n) is 5.40. The molecule has 1 atom stereocenters. The van der Waals surface area contributed by atoms with Crippen LogP contribution in [0.25, 0.3) is 0 Å². The maximum atomic E-state index is 11.8. The van der Waals surface area contributed by atoms with E-state index in [1.54, 1.807) is 16.3 Å². The number of rotatable bonds is 4. The van der Waals surface area contributed by atoms with Crippen LogP contribution in [0.15, 0.2) is 11.7 Å². The number of nitrogens with two attached hydrogens (primary N) is 1. The molecule has 0 saturated carbocycles. The van der Waals surface area contributed by atoms with Crippen molar-refractivity contribution in [1.82, 2.24) is 25.1 Å². The van der Waals surface area contributed by atoms with E-state index in [1.807, 2.05) is 14.0 Å². The molecule has 2 aromatic rings. The second kappa shape index (κ2) is 5.23. The molecule has 7 nitrogen and oxygen atoms in total. The van der Waals surface area contributed by atoms with Gasteiger partial charge in [-0.3, -0.25) is 4.79 Å². The van der Waals surface area contributed by atoms with E-state index in [2.05, 4.69) is 20.5 Å². The Balaban J connectivity index is 1.97. The van der Waals surface area contributed by atoms with Crippen molar-refractivity contribution in [3.05, 3.63) is 28.2 Å². The Morgan fingerprint density at radius 1 is 1.67 bits per heavy atom. The van der Waals surface area contributed by atoms with Crippen molar-refractivity contribution < 1.29 is 4.79 Å². The number of thiazole rings is 1. The number of carbonyl (C=O) groups is 1. The predicted molar refractivity (Wildman–Crippen MR) is 66.9 cm³/mol. The van der Waals surface area contributed by atoms with Crippen molar-refractivity contribution >= 4 is 17.2 Å². The lowest BCUT2D eigenvalue weighted by molar-refractivity contribution is 0.0945. The Kier molecular flexibility index (Phi) is 3.68. The van der Waals surface area contributed by atoms with Crippen molar-refractivity contribution in [2.24, 2.45) is 12.8 Å². The van der Waals surface area contributed by atoms with E-state index in [4.69, 9.17) is 5.73 Å². The molecule has 0 spiro atoms. The van der Waals surface area contributed by atoms with E-state index in [1.165, 1.54) is 11.3 Å². The monoisotopic (exact) mass is 266 g/mol. The molecule has 2 aromatic heterocycles. The van der Waals surface area contributed by atoms with Crippen LogP contribution in [0.5, 0.6) is 0 Å². The summed E-state index contributed by atoms with van der Waals surface area (Å²) in [5.74, 6) is 0.451. The summed E-state index contributed by atoms with van der Waals surface area (Å²) in [4.78, 5) is 16.0. The molecule has 3 N–H and O–H groups in total. The van der Waals surface area contributed by atoms with Gasteiger partial charge in [0.2, 0.25) is 0 Å². The van der Waals surface area contributed by atoms with Gasteiger partial charge in [-0.1, -0.05) is 0 Å². The number of hydrogen-bond acceptors (Lipinski definition) is 6. The van der Waals surface area contributed by atoms with Gasteiger partial charge in [0.05, 0.1) is 12.6 Å². The SMILES string of the molecule is CC(N)c1nc(C(=O)NCc2nncn2C)cs1. The number of nitrogens with zero attached hydrogens (tertiary/aromatic N) is 4.